The number of aromatic amines is 1. The number of hydrogen-bond donors (Lipinski definition) is 3. The molecule has 3 aromatic rings. The first-order valence-corrected chi connectivity index (χ1v) is 13.3. The van der Waals surface area contributed by atoms with Crippen LogP contribution in [0.1, 0.15) is 65.7 Å². The monoisotopic (exact) mass is 496 g/mol. The molecule has 3 aromatic heterocycles. The van der Waals surface area contributed by atoms with Crippen molar-refractivity contribution in [3.8, 4) is 11.6 Å². The fourth-order valence-corrected chi connectivity index (χ4v) is 5.93. The number of hydrogen-bond acceptors (Lipinski definition) is 9. The van der Waals surface area contributed by atoms with E-state index < -0.39 is 11.4 Å². The zero-order valence-electron chi connectivity index (χ0n) is 21.3. The summed E-state index contributed by atoms with van der Waals surface area (Å²) < 4.78 is 6.98. The molecule has 3 aliphatic rings. The van der Waals surface area contributed by atoms with E-state index in [2.05, 4.69) is 38.8 Å². The molecule has 1 atom stereocenters. The van der Waals surface area contributed by atoms with Crippen molar-refractivity contribution in [2.75, 3.05) is 23.3 Å². The highest BCUT2D eigenvalue weighted by molar-refractivity contribution is 5.87. The number of anilines is 2. The van der Waals surface area contributed by atoms with Gasteiger partial charge in [-0.1, -0.05) is 31.3 Å². The largest absolute Gasteiger partial charge is 0.439 e. The van der Waals surface area contributed by atoms with Gasteiger partial charge < -0.3 is 19.9 Å². The lowest BCUT2D eigenvalue weighted by molar-refractivity contribution is 0.0295. The van der Waals surface area contributed by atoms with E-state index >= 15 is 0 Å². The van der Waals surface area contributed by atoms with Crippen LogP contribution in [-0.4, -0.2) is 59.5 Å². The molecular weight excluding hydrogens is 460 g/mol. The van der Waals surface area contributed by atoms with Gasteiger partial charge in [0.05, 0.1) is 18.7 Å². The van der Waals surface area contributed by atoms with Gasteiger partial charge in [0.1, 0.15) is 5.52 Å². The number of aromatic nitrogens is 6. The second-order valence-corrected chi connectivity index (χ2v) is 11.6. The molecule has 2 aliphatic carbocycles. The van der Waals surface area contributed by atoms with E-state index in [9.17, 15) is 9.90 Å². The number of H-pyrrole nitrogens is 1. The van der Waals surface area contributed by atoms with Crippen molar-refractivity contribution in [3.05, 3.63) is 10.6 Å². The standard InChI is InChI=1S/C25H36N8O3/c1-14-7-9-16(10-8-14)11-33-18-19(26-15(2)17-5-4-6-17)27-21(22-30-24(34)36-31-22)28-20(18)29-23(33)32-12-25(3,35)13-32/h14-17,35H,4-13H2,1-3H3,(H,26,27,28)(H,30,31,34)/t14?,15-,16?/m1/s1. The third-order valence-electron chi connectivity index (χ3n) is 8.38. The number of rotatable bonds is 7. The molecule has 0 radical (unpaired) electrons. The molecule has 11 heteroatoms. The van der Waals surface area contributed by atoms with Gasteiger partial charge in [-0.05, 0) is 57.3 Å². The molecular formula is C25H36N8O3. The lowest BCUT2D eigenvalue weighted by Gasteiger charge is -2.45. The van der Waals surface area contributed by atoms with Gasteiger partial charge >= 0.3 is 5.76 Å². The average molecular weight is 497 g/mol. The minimum Gasteiger partial charge on any atom is -0.386 e. The van der Waals surface area contributed by atoms with Crippen molar-refractivity contribution in [1.82, 2.24) is 29.7 Å². The second-order valence-electron chi connectivity index (χ2n) is 11.6. The van der Waals surface area contributed by atoms with E-state index in [-0.39, 0.29) is 17.7 Å². The summed E-state index contributed by atoms with van der Waals surface area (Å²) in [5.74, 6) is 3.27. The van der Waals surface area contributed by atoms with Gasteiger partial charge in [-0.15, -0.1) is 0 Å². The van der Waals surface area contributed by atoms with Crippen molar-refractivity contribution >= 4 is 22.9 Å². The molecule has 11 nitrogen and oxygen atoms in total. The Bertz CT molecular complexity index is 1290. The molecule has 3 fully saturated rings. The zero-order valence-corrected chi connectivity index (χ0v) is 21.3. The third-order valence-corrected chi connectivity index (χ3v) is 8.38. The van der Waals surface area contributed by atoms with Crippen molar-refractivity contribution in [3.63, 3.8) is 0 Å². The zero-order chi connectivity index (χ0) is 25.0. The molecule has 3 N–H and O–H groups in total. The highest BCUT2D eigenvalue weighted by Gasteiger charge is 2.40. The Balaban J connectivity index is 1.45. The van der Waals surface area contributed by atoms with Crippen LogP contribution in [0.15, 0.2) is 9.32 Å². The highest BCUT2D eigenvalue weighted by Crippen LogP contribution is 2.38. The van der Waals surface area contributed by atoms with Crippen molar-refractivity contribution in [1.29, 1.82) is 0 Å². The molecule has 1 aliphatic heterocycles. The van der Waals surface area contributed by atoms with Crippen LogP contribution in [0.5, 0.6) is 0 Å². The minimum atomic E-state index is -0.722. The Kier molecular flexibility index (Phi) is 5.77. The first-order valence-electron chi connectivity index (χ1n) is 13.3. The molecule has 0 bridgehead atoms. The molecule has 6 rings (SSSR count). The van der Waals surface area contributed by atoms with Crippen LogP contribution in [0.25, 0.3) is 22.8 Å². The summed E-state index contributed by atoms with van der Waals surface area (Å²) in [6.07, 6.45) is 8.55. The molecule has 36 heavy (non-hydrogen) atoms. The molecule has 1 saturated heterocycles. The Morgan fingerprint density at radius 3 is 2.53 bits per heavy atom. The van der Waals surface area contributed by atoms with E-state index in [0.717, 1.165) is 23.9 Å². The second kappa shape index (κ2) is 8.86. The maximum atomic E-state index is 11.6. The predicted octanol–water partition coefficient (Wildman–Crippen LogP) is 3.17. The number of fused-ring (bicyclic) bond motifs is 1. The molecule has 2 saturated carbocycles. The highest BCUT2D eigenvalue weighted by atomic mass is 16.5. The van der Waals surface area contributed by atoms with Crippen molar-refractivity contribution in [2.24, 2.45) is 17.8 Å². The molecule has 4 heterocycles. The van der Waals surface area contributed by atoms with Gasteiger partial charge in [0.25, 0.3) is 0 Å². The number of nitrogens with zero attached hydrogens (tertiary/aromatic N) is 6. The lowest BCUT2D eigenvalue weighted by atomic mass is 9.80. The first-order chi connectivity index (χ1) is 17.3. The van der Waals surface area contributed by atoms with Gasteiger partial charge in [0.15, 0.2) is 11.5 Å². The molecule has 0 unspecified atom stereocenters. The molecule has 0 aromatic carbocycles. The summed E-state index contributed by atoms with van der Waals surface area (Å²) in [6, 6.07) is 0.244. The summed E-state index contributed by atoms with van der Waals surface area (Å²) in [7, 11) is 0. The molecule has 0 spiro atoms. The Morgan fingerprint density at radius 2 is 1.92 bits per heavy atom. The van der Waals surface area contributed by atoms with Crippen LogP contribution >= 0.6 is 0 Å². The van der Waals surface area contributed by atoms with Crippen LogP contribution in [-0.2, 0) is 6.54 Å². The Labute approximate surface area is 209 Å². The summed E-state index contributed by atoms with van der Waals surface area (Å²) >= 11 is 0. The summed E-state index contributed by atoms with van der Waals surface area (Å²) in [5, 5.41) is 17.9. The topological polar surface area (TPSA) is 138 Å². The third kappa shape index (κ3) is 4.38. The number of nitrogens with one attached hydrogen (secondary N) is 2. The van der Waals surface area contributed by atoms with Crippen molar-refractivity contribution in [2.45, 2.75) is 83.9 Å². The van der Waals surface area contributed by atoms with E-state index in [1.807, 2.05) is 6.92 Å². The minimum absolute atomic E-state index is 0.186. The fourth-order valence-electron chi connectivity index (χ4n) is 5.93. The van der Waals surface area contributed by atoms with Crippen molar-refractivity contribution < 1.29 is 9.63 Å². The van der Waals surface area contributed by atoms with E-state index in [0.29, 0.717) is 36.4 Å². The van der Waals surface area contributed by atoms with Gasteiger partial charge in [-0.25, -0.2) is 14.8 Å². The van der Waals surface area contributed by atoms with Gasteiger partial charge in [-0.3, -0.25) is 9.51 Å². The van der Waals surface area contributed by atoms with Crippen LogP contribution in [0, 0.1) is 17.8 Å². The molecule has 0 amide bonds. The maximum absolute atomic E-state index is 11.6. The fraction of sp³-hybridized carbons (Fsp3) is 0.720. The van der Waals surface area contributed by atoms with Gasteiger partial charge in [-0.2, -0.15) is 4.98 Å². The summed E-state index contributed by atoms with van der Waals surface area (Å²) in [6.45, 7) is 8.28. The average Bonchev–Trinajstić information content (AvgIpc) is 3.36. The van der Waals surface area contributed by atoms with Crippen LogP contribution in [0.3, 0.4) is 0 Å². The first kappa shape index (κ1) is 23.4. The van der Waals surface area contributed by atoms with Gasteiger partial charge in [0, 0.05) is 12.6 Å². The smallest absolute Gasteiger partial charge is 0.386 e. The lowest BCUT2D eigenvalue weighted by Crippen LogP contribution is -2.60. The SMILES string of the molecule is CC1CCC(Cn2c(N3CC(C)(O)C3)nc3nc(-c4noc(=O)[nH]4)nc(N[C@H](C)C4CCC4)c32)CC1. The van der Waals surface area contributed by atoms with E-state index in [1.165, 1.54) is 44.9 Å². The van der Waals surface area contributed by atoms with E-state index in [1.54, 1.807) is 0 Å². The number of aliphatic hydroxyl groups is 1. The summed E-state index contributed by atoms with van der Waals surface area (Å²) in [4.78, 5) is 30.8. The number of β-amino-alcohol motifs (C(OH)–C–C–N with tert-alkyl or cyclic N) is 1. The van der Waals surface area contributed by atoms with Crippen LogP contribution in [0.4, 0.5) is 11.8 Å². The van der Waals surface area contributed by atoms with E-state index in [4.69, 9.17) is 19.5 Å². The Morgan fingerprint density at radius 1 is 1.17 bits per heavy atom. The molecule has 194 valence electrons. The maximum Gasteiger partial charge on any atom is 0.439 e. The van der Waals surface area contributed by atoms with Gasteiger partial charge in [0.2, 0.25) is 17.6 Å². The Hall–Kier alpha value is -2.95. The van der Waals surface area contributed by atoms with Crippen LogP contribution < -0.4 is 16.0 Å². The normalized spacial score (nSPS) is 24.9. The predicted molar refractivity (Wildman–Crippen MR) is 136 cm³/mol. The summed E-state index contributed by atoms with van der Waals surface area (Å²) in [5.41, 5.74) is 0.703. The number of imidazole rings is 1. The quantitative estimate of drug-likeness (QED) is 0.450. The van der Waals surface area contributed by atoms with Crippen LogP contribution in [0.2, 0.25) is 0 Å².